The molecule has 0 radical (unpaired) electrons. The fourth-order valence-corrected chi connectivity index (χ4v) is 2.53. The van der Waals surface area contributed by atoms with E-state index in [9.17, 15) is 9.18 Å². The van der Waals surface area contributed by atoms with E-state index >= 15 is 0 Å². The van der Waals surface area contributed by atoms with Gasteiger partial charge in [-0.2, -0.15) is 0 Å². The van der Waals surface area contributed by atoms with Crippen LogP contribution in [0.25, 0.3) is 0 Å². The summed E-state index contributed by atoms with van der Waals surface area (Å²) in [6.07, 6.45) is 2.69. The molecule has 0 atom stereocenters. The molecule has 94 valence electrons. The van der Waals surface area contributed by atoms with Crippen LogP contribution >= 0.6 is 11.3 Å². The monoisotopic (exact) mass is 265 g/mol. The Hall–Kier alpha value is -1.75. The van der Waals surface area contributed by atoms with Gasteiger partial charge < -0.3 is 5.11 Å². The zero-order chi connectivity index (χ0) is 13.0. The Morgan fingerprint density at radius 1 is 1.39 bits per heavy atom. The van der Waals surface area contributed by atoms with Crippen molar-refractivity contribution >= 4 is 17.3 Å². The van der Waals surface area contributed by atoms with Crippen molar-refractivity contribution < 1.29 is 14.3 Å². The number of aliphatic carboxylic acids is 1. The number of rotatable bonds is 5. The highest BCUT2D eigenvalue weighted by atomic mass is 32.1. The Labute approximate surface area is 108 Å². The summed E-state index contributed by atoms with van der Waals surface area (Å²) in [5.74, 6) is -1.06. The zero-order valence-electron chi connectivity index (χ0n) is 9.60. The smallest absolute Gasteiger partial charge is 0.303 e. The quantitative estimate of drug-likeness (QED) is 0.904. The fourth-order valence-electron chi connectivity index (χ4n) is 1.58. The standard InChI is InChI=1S/C13H12FNO2S/c14-11-4-2-1-3-9(11)7-12-15-8-10(18-12)5-6-13(16)17/h1-4,8H,5-7H2,(H,16,17). The lowest BCUT2D eigenvalue weighted by molar-refractivity contribution is -0.136. The second kappa shape index (κ2) is 5.73. The van der Waals surface area contributed by atoms with Crippen LogP contribution in [0, 0.1) is 5.82 Å². The third kappa shape index (κ3) is 3.37. The van der Waals surface area contributed by atoms with Gasteiger partial charge in [0.15, 0.2) is 0 Å². The first-order chi connectivity index (χ1) is 8.65. The first-order valence-corrected chi connectivity index (χ1v) is 6.35. The van der Waals surface area contributed by atoms with Crippen LogP contribution in [0.5, 0.6) is 0 Å². The van der Waals surface area contributed by atoms with Gasteiger partial charge in [0, 0.05) is 17.5 Å². The van der Waals surface area contributed by atoms with Gasteiger partial charge in [0.1, 0.15) is 5.82 Å². The molecule has 0 fully saturated rings. The molecule has 1 N–H and O–H groups in total. The number of nitrogens with zero attached hydrogens (tertiary/aromatic N) is 1. The Morgan fingerprint density at radius 2 is 2.17 bits per heavy atom. The van der Waals surface area contributed by atoms with E-state index < -0.39 is 5.97 Å². The van der Waals surface area contributed by atoms with Crippen LogP contribution in [0.4, 0.5) is 4.39 Å². The third-order valence-electron chi connectivity index (χ3n) is 2.49. The number of aryl methyl sites for hydroxylation is 1. The van der Waals surface area contributed by atoms with Gasteiger partial charge in [0.05, 0.1) is 11.4 Å². The molecule has 1 heterocycles. The van der Waals surface area contributed by atoms with Crippen LogP contribution in [0.1, 0.15) is 21.9 Å². The highest BCUT2D eigenvalue weighted by Gasteiger charge is 2.07. The molecule has 0 aliphatic rings. The molecular weight excluding hydrogens is 253 g/mol. The van der Waals surface area contributed by atoms with E-state index in [2.05, 4.69) is 4.98 Å². The van der Waals surface area contributed by atoms with Gasteiger partial charge in [-0.15, -0.1) is 11.3 Å². The van der Waals surface area contributed by atoms with E-state index in [-0.39, 0.29) is 12.2 Å². The maximum absolute atomic E-state index is 13.4. The number of halogens is 1. The number of aromatic nitrogens is 1. The average molecular weight is 265 g/mol. The van der Waals surface area contributed by atoms with Crippen molar-refractivity contribution in [3.63, 3.8) is 0 Å². The van der Waals surface area contributed by atoms with E-state index in [4.69, 9.17) is 5.11 Å². The number of hydrogen-bond acceptors (Lipinski definition) is 3. The van der Waals surface area contributed by atoms with Crippen molar-refractivity contribution in [2.24, 2.45) is 0 Å². The van der Waals surface area contributed by atoms with Crippen molar-refractivity contribution in [3.05, 3.63) is 51.7 Å². The minimum atomic E-state index is -0.820. The van der Waals surface area contributed by atoms with Gasteiger partial charge in [-0.3, -0.25) is 4.79 Å². The summed E-state index contributed by atoms with van der Waals surface area (Å²) in [6.45, 7) is 0. The Bertz CT molecular complexity index is 553. The molecule has 0 bridgehead atoms. The Morgan fingerprint density at radius 3 is 2.89 bits per heavy atom. The lowest BCUT2D eigenvalue weighted by Gasteiger charge is -1.99. The van der Waals surface area contributed by atoms with E-state index in [0.29, 0.717) is 18.4 Å². The number of carbonyl (C=O) groups is 1. The van der Waals surface area contributed by atoms with Crippen molar-refractivity contribution in [2.45, 2.75) is 19.3 Å². The summed E-state index contributed by atoms with van der Waals surface area (Å²) in [4.78, 5) is 15.6. The SMILES string of the molecule is O=C(O)CCc1cnc(Cc2ccccc2F)s1. The van der Waals surface area contributed by atoms with Gasteiger partial charge in [0.25, 0.3) is 0 Å². The molecule has 0 spiro atoms. The van der Waals surface area contributed by atoms with Crippen LogP contribution < -0.4 is 0 Å². The molecule has 5 heteroatoms. The van der Waals surface area contributed by atoms with E-state index in [1.165, 1.54) is 17.4 Å². The molecular formula is C13H12FNO2S. The molecule has 0 saturated heterocycles. The summed E-state index contributed by atoms with van der Waals surface area (Å²) < 4.78 is 13.4. The second-order valence-corrected chi connectivity index (χ2v) is 5.08. The highest BCUT2D eigenvalue weighted by Crippen LogP contribution is 2.19. The predicted molar refractivity (Wildman–Crippen MR) is 67.3 cm³/mol. The normalized spacial score (nSPS) is 10.5. The van der Waals surface area contributed by atoms with Crippen molar-refractivity contribution in [2.75, 3.05) is 0 Å². The largest absolute Gasteiger partial charge is 0.481 e. The molecule has 18 heavy (non-hydrogen) atoms. The van der Waals surface area contributed by atoms with E-state index in [0.717, 1.165) is 9.88 Å². The van der Waals surface area contributed by atoms with Gasteiger partial charge in [-0.1, -0.05) is 18.2 Å². The van der Waals surface area contributed by atoms with Crippen molar-refractivity contribution in [1.82, 2.24) is 4.98 Å². The first-order valence-electron chi connectivity index (χ1n) is 5.54. The summed E-state index contributed by atoms with van der Waals surface area (Å²) >= 11 is 1.44. The summed E-state index contributed by atoms with van der Waals surface area (Å²) in [6, 6.07) is 6.60. The van der Waals surface area contributed by atoms with Gasteiger partial charge in [-0.25, -0.2) is 9.37 Å². The molecule has 0 aliphatic carbocycles. The number of hydrogen-bond donors (Lipinski definition) is 1. The van der Waals surface area contributed by atoms with Crippen molar-refractivity contribution in [3.8, 4) is 0 Å². The molecule has 0 amide bonds. The molecule has 1 aromatic carbocycles. The maximum atomic E-state index is 13.4. The topological polar surface area (TPSA) is 50.2 Å². The van der Waals surface area contributed by atoms with E-state index in [1.54, 1.807) is 24.4 Å². The van der Waals surface area contributed by atoms with Gasteiger partial charge >= 0.3 is 5.97 Å². The molecule has 1 aromatic heterocycles. The maximum Gasteiger partial charge on any atom is 0.303 e. The van der Waals surface area contributed by atoms with Crippen molar-refractivity contribution in [1.29, 1.82) is 0 Å². The summed E-state index contributed by atoms with van der Waals surface area (Å²) in [7, 11) is 0. The van der Waals surface area contributed by atoms with Crippen LogP contribution in [0.3, 0.4) is 0 Å². The highest BCUT2D eigenvalue weighted by molar-refractivity contribution is 7.11. The Balaban J connectivity index is 2.02. The minimum Gasteiger partial charge on any atom is -0.481 e. The van der Waals surface area contributed by atoms with Crippen LogP contribution in [-0.2, 0) is 17.6 Å². The minimum absolute atomic E-state index is 0.0985. The van der Waals surface area contributed by atoms with Crippen LogP contribution in [0.2, 0.25) is 0 Å². The number of benzene rings is 1. The lowest BCUT2D eigenvalue weighted by Crippen LogP contribution is -1.95. The molecule has 3 nitrogen and oxygen atoms in total. The molecule has 2 aromatic rings. The van der Waals surface area contributed by atoms with Crippen LogP contribution in [-0.4, -0.2) is 16.1 Å². The number of carboxylic acids is 1. The summed E-state index contributed by atoms with van der Waals surface area (Å²) in [5.41, 5.74) is 0.608. The molecule has 0 unspecified atom stereocenters. The first kappa shape index (κ1) is 12.7. The van der Waals surface area contributed by atoms with Gasteiger partial charge in [-0.05, 0) is 18.1 Å². The fraction of sp³-hybridized carbons (Fsp3) is 0.231. The lowest BCUT2D eigenvalue weighted by atomic mass is 10.1. The second-order valence-electron chi connectivity index (χ2n) is 3.88. The Kier molecular flexibility index (Phi) is 4.04. The predicted octanol–water partition coefficient (Wildman–Crippen LogP) is 2.89. The van der Waals surface area contributed by atoms with E-state index in [1.807, 2.05) is 0 Å². The van der Waals surface area contributed by atoms with Gasteiger partial charge in [0.2, 0.25) is 0 Å². The molecule has 0 saturated carbocycles. The average Bonchev–Trinajstić information content (AvgIpc) is 2.77. The molecule has 2 rings (SSSR count). The number of carboxylic acid groups (broad SMARTS) is 1. The summed E-state index contributed by atoms with van der Waals surface area (Å²) in [5, 5.41) is 9.39. The zero-order valence-corrected chi connectivity index (χ0v) is 10.4. The third-order valence-corrected chi connectivity index (χ3v) is 3.54. The van der Waals surface area contributed by atoms with Crippen LogP contribution in [0.15, 0.2) is 30.5 Å². The number of thiazole rings is 1. The molecule has 0 aliphatic heterocycles.